The molecule has 0 saturated heterocycles. The van der Waals surface area contributed by atoms with Crippen molar-refractivity contribution in [1.82, 2.24) is 4.90 Å². The van der Waals surface area contributed by atoms with E-state index in [-0.39, 0.29) is 12.1 Å². The van der Waals surface area contributed by atoms with Crippen molar-refractivity contribution in [1.29, 1.82) is 0 Å². The zero-order valence-corrected chi connectivity index (χ0v) is 13.0. The van der Waals surface area contributed by atoms with Gasteiger partial charge >= 0.3 is 0 Å². The average molecular weight is 288 g/mol. The van der Waals surface area contributed by atoms with E-state index in [0.717, 1.165) is 24.5 Å². The van der Waals surface area contributed by atoms with Crippen molar-refractivity contribution < 1.29 is 9.15 Å². The molecule has 0 bridgehead atoms. The van der Waals surface area contributed by atoms with Crippen molar-refractivity contribution >= 4 is 0 Å². The molecular weight excluding hydrogens is 264 g/mol. The summed E-state index contributed by atoms with van der Waals surface area (Å²) in [5, 5.41) is 0. The minimum absolute atomic E-state index is 0.0340. The van der Waals surface area contributed by atoms with Gasteiger partial charge in [0.05, 0.1) is 19.4 Å². The molecule has 4 nitrogen and oxygen atoms in total. The quantitative estimate of drug-likeness (QED) is 0.850. The SMILES string of the molecule is CCC(N)C(c1ccco1)N(C)Cc1cccc(OC)c1. The standard InChI is InChI=1S/C17H24N2O2/c1-4-15(18)17(16-9-6-10-21-16)19(2)12-13-7-5-8-14(11-13)20-3/h5-11,15,17H,4,12,18H2,1-3H3. The van der Waals surface area contributed by atoms with Gasteiger partial charge in [0, 0.05) is 12.6 Å². The van der Waals surface area contributed by atoms with Crippen LogP contribution in [0.15, 0.2) is 47.1 Å². The molecule has 2 atom stereocenters. The number of furan rings is 1. The van der Waals surface area contributed by atoms with Crippen LogP contribution in [-0.2, 0) is 6.54 Å². The van der Waals surface area contributed by atoms with Gasteiger partial charge in [0.25, 0.3) is 0 Å². The number of nitrogens with two attached hydrogens (primary N) is 1. The maximum Gasteiger partial charge on any atom is 0.122 e. The molecule has 1 heterocycles. The second-order valence-electron chi connectivity index (χ2n) is 5.30. The number of benzene rings is 1. The van der Waals surface area contributed by atoms with Crippen molar-refractivity contribution in [3.63, 3.8) is 0 Å². The molecule has 0 amide bonds. The summed E-state index contributed by atoms with van der Waals surface area (Å²) in [4.78, 5) is 2.22. The van der Waals surface area contributed by atoms with Crippen molar-refractivity contribution in [3.05, 3.63) is 54.0 Å². The van der Waals surface area contributed by atoms with E-state index in [0.29, 0.717) is 0 Å². The van der Waals surface area contributed by atoms with Gasteiger partial charge in [0.1, 0.15) is 11.5 Å². The summed E-state index contributed by atoms with van der Waals surface area (Å²) >= 11 is 0. The number of hydrogen-bond acceptors (Lipinski definition) is 4. The van der Waals surface area contributed by atoms with E-state index in [1.165, 1.54) is 5.56 Å². The third kappa shape index (κ3) is 3.86. The molecule has 0 radical (unpaired) electrons. The Hall–Kier alpha value is -1.78. The molecule has 0 saturated carbocycles. The second kappa shape index (κ2) is 7.29. The predicted octanol–water partition coefficient (Wildman–Crippen LogP) is 3.20. The average Bonchev–Trinajstić information content (AvgIpc) is 3.01. The van der Waals surface area contributed by atoms with Crippen LogP contribution in [-0.4, -0.2) is 25.1 Å². The van der Waals surface area contributed by atoms with Gasteiger partial charge in [-0.05, 0) is 43.3 Å². The van der Waals surface area contributed by atoms with Crippen LogP contribution in [0.3, 0.4) is 0 Å². The minimum Gasteiger partial charge on any atom is -0.497 e. The molecule has 2 unspecified atom stereocenters. The molecule has 2 rings (SSSR count). The van der Waals surface area contributed by atoms with Crippen LogP contribution in [0.5, 0.6) is 5.75 Å². The molecule has 0 fully saturated rings. The van der Waals surface area contributed by atoms with Crippen LogP contribution in [0, 0.1) is 0 Å². The topological polar surface area (TPSA) is 51.6 Å². The Morgan fingerprint density at radius 3 is 2.71 bits per heavy atom. The largest absolute Gasteiger partial charge is 0.497 e. The molecule has 2 N–H and O–H groups in total. The highest BCUT2D eigenvalue weighted by Crippen LogP contribution is 2.26. The van der Waals surface area contributed by atoms with E-state index in [9.17, 15) is 0 Å². The highest BCUT2D eigenvalue weighted by Gasteiger charge is 2.25. The normalized spacial score (nSPS) is 14.1. The van der Waals surface area contributed by atoms with Crippen molar-refractivity contribution in [2.75, 3.05) is 14.2 Å². The summed E-state index contributed by atoms with van der Waals surface area (Å²) < 4.78 is 10.9. The Bertz CT molecular complexity index is 539. The summed E-state index contributed by atoms with van der Waals surface area (Å²) in [6, 6.07) is 12.1. The molecule has 0 spiro atoms. The van der Waals surface area contributed by atoms with Crippen molar-refractivity contribution in [3.8, 4) is 5.75 Å². The number of nitrogens with zero attached hydrogens (tertiary/aromatic N) is 1. The molecule has 1 aromatic heterocycles. The first-order valence-electron chi connectivity index (χ1n) is 7.27. The van der Waals surface area contributed by atoms with Crippen LogP contribution >= 0.6 is 0 Å². The number of likely N-dealkylation sites (N-methyl/N-ethyl adjacent to an activating group) is 1. The maximum atomic E-state index is 6.29. The first-order valence-corrected chi connectivity index (χ1v) is 7.27. The van der Waals surface area contributed by atoms with Gasteiger partial charge in [-0.25, -0.2) is 0 Å². The number of methoxy groups -OCH3 is 1. The first kappa shape index (κ1) is 15.6. The van der Waals surface area contributed by atoms with E-state index in [1.807, 2.05) is 30.3 Å². The molecule has 114 valence electrons. The van der Waals surface area contributed by atoms with Crippen LogP contribution < -0.4 is 10.5 Å². The molecule has 0 aliphatic rings. The fourth-order valence-corrected chi connectivity index (χ4v) is 2.60. The lowest BCUT2D eigenvalue weighted by Crippen LogP contribution is -2.38. The summed E-state index contributed by atoms with van der Waals surface area (Å²) in [6.07, 6.45) is 2.60. The molecule has 0 aliphatic heterocycles. The Balaban J connectivity index is 2.16. The van der Waals surface area contributed by atoms with Gasteiger partial charge in [0.15, 0.2) is 0 Å². The number of hydrogen-bond donors (Lipinski definition) is 1. The molecular formula is C17H24N2O2. The summed E-state index contributed by atoms with van der Waals surface area (Å²) in [7, 11) is 3.75. The summed E-state index contributed by atoms with van der Waals surface area (Å²) in [6.45, 7) is 2.89. The van der Waals surface area contributed by atoms with Gasteiger partial charge in [-0.1, -0.05) is 19.1 Å². The predicted molar refractivity (Wildman–Crippen MR) is 84.2 cm³/mol. The highest BCUT2D eigenvalue weighted by atomic mass is 16.5. The first-order chi connectivity index (χ1) is 10.2. The second-order valence-corrected chi connectivity index (χ2v) is 5.30. The fraction of sp³-hybridized carbons (Fsp3) is 0.412. The van der Waals surface area contributed by atoms with Gasteiger partial charge in [-0.2, -0.15) is 0 Å². The monoisotopic (exact) mass is 288 g/mol. The minimum atomic E-state index is 0.0340. The van der Waals surface area contributed by atoms with Crippen LogP contribution in [0.2, 0.25) is 0 Å². The number of rotatable bonds is 7. The van der Waals surface area contributed by atoms with E-state index in [4.69, 9.17) is 14.9 Å². The lowest BCUT2D eigenvalue weighted by Gasteiger charge is -2.30. The van der Waals surface area contributed by atoms with E-state index in [2.05, 4.69) is 24.9 Å². The Kier molecular flexibility index (Phi) is 5.42. The fourth-order valence-electron chi connectivity index (χ4n) is 2.60. The Labute approximate surface area is 126 Å². The van der Waals surface area contributed by atoms with Gasteiger partial charge < -0.3 is 14.9 Å². The summed E-state index contributed by atoms with van der Waals surface area (Å²) in [5.41, 5.74) is 7.48. The third-order valence-corrected chi connectivity index (χ3v) is 3.75. The highest BCUT2D eigenvalue weighted by molar-refractivity contribution is 5.28. The Morgan fingerprint density at radius 1 is 1.29 bits per heavy atom. The molecule has 2 aromatic rings. The lowest BCUT2D eigenvalue weighted by molar-refractivity contribution is 0.175. The van der Waals surface area contributed by atoms with Gasteiger partial charge in [-0.15, -0.1) is 0 Å². The maximum absolute atomic E-state index is 6.29. The third-order valence-electron chi connectivity index (χ3n) is 3.75. The smallest absolute Gasteiger partial charge is 0.122 e. The van der Waals surface area contributed by atoms with E-state index >= 15 is 0 Å². The van der Waals surface area contributed by atoms with Crippen LogP contribution in [0.1, 0.15) is 30.7 Å². The molecule has 1 aromatic carbocycles. The van der Waals surface area contributed by atoms with E-state index in [1.54, 1.807) is 13.4 Å². The zero-order valence-electron chi connectivity index (χ0n) is 13.0. The van der Waals surface area contributed by atoms with Gasteiger partial charge in [0.2, 0.25) is 0 Å². The zero-order chi connectivity index (χ0) is 15.2. The molecule has 0 aliphatic carbocycles. The molecule has 4 heteroatoms. The lowest BCUT2D eigenvalue weighted by atomic mass is 10.0. The Morgan fingerprint density at radius 2 is 2.10 bits per heavy atom. The van der Waals surface area contributed by atoms with Gasteiger partial charge in [-0.3, -0.25) is 4.90 Å². The molecule has 21 heavy (non-hydrogen) atoms. The van der Waals surface area contributed by atoms with Crippen molar-refractivity contribution in [2.24, 2.45) is 5.73 Å². The van der Waals surface area contributed by atoms with Crippen LogP contribution in [0.4, 0.5) is 0 Å². The van der Waals surface area contributed by atoms with E-state index < -0.39 is 0 Å². The van der Waals surface area contributed by atoms with Crippen LogP contribution in [0.25, 0.3) is 0 Å². The number of ether oxygens (including phenoxy) is 1. The summed E-state index contributed by atoms with van der Waals surface area (Å²) in [5.74, 6) is 1.78. The van der Waals surface area contributed by atoms with Crippen molar-refractivity contribution in [2.45, 2.75) is 32.0 Å².